The number of rotatable bonds is 6. The molecule has 0 aliphatic carbocycles. The van der Waals surface area contributed by atoms with E-state index in [9.17, 15) is 5.26 Å². The van der Waals surface area contributed by atoms with E-state index in [1.807, 2.05) is 49.4 Å². The lowest BCUT2D eigenvalue weighted by Gasteiger charge is -2.23. The molecular weight excluding hydrogens is 368 g/mol. The van der Waals surface area contributed by atoms with Crippen molar-refractivity contribution in [3.05, 3.63) is 95.3 Å². The van der Waals surface area contributed by atoms with Crippen molar-refractivity contribution in [2.45, 2.75) is 20.4 Å². The molecule has 0 bridgehead atoms. The number of aryl methyl sites for hydroxylation is 1. The molecule has 0 spiro atoms. The van der Waals surface area contributed by atoms with Crippen LogP contribution in [0, 0.1) is 18.3 Å². The topological polar surface area (TPSA) is 55.7 Å². The van der Waals surface area contributed by atoms with Gasteiger partial charge in [-0.2, -0.15) is 5.26 Å². The van der Waals surface area contributed by atoms with Crippen LogP contribution < -0.4 is 4.90 Å². The monoisotopic (exact) mass is 392 g/mol. The van der Waals surface area contributed by atoms with Crippen LogP contribution in [0.5, 0.6) is 0 Å². The first-order chi connectivity index (χ1) is 14.7. The molecule has 0 fully saturated rings. The molecule has 30 heavy (non-hydrogen) atoms. The van der Waals surface area contributed by atoms with Crippen LogP contribution in [0.1, 0.15) is 29.4 Å². The van der Waals surface area contributed by atoms with Crippen molar-refractivity contribution in [1.82, 2.24) is 9.97 Å². The van der Waals surface area contributed by atoms with Crippen molar-refractivity contribution in [1.29, 1.82) is 5.26 Å². The Morgan fingerprint density at radius 1 is 1.07 bits per heavy atom. The van der Waals surface area contributed by atoms with Gasteiger partial charge in [0.25, 0.3) is 0 Å². The molecule has 0 atom stereocenters. The zero-order chi connectivity index (χ0) is 20.9. The number of nitriles is 1. The van der Waals surface area contributed by atoms with Crippen LogP contribution in [0.4, 0.5) is 5.69 Å². The van der Waals surface area contributed by atoms with E-state index in [4.69, 9.17) is 0 Å². The smallest absolute Gasteiger partial charge is 0.149 e. The Morgan fingerprint density at radius 3 is 2.53 bits per heavy atom. The molecule has 4 aromatic rings. The molecule has 4 rings (SSSR count). The summed E-state index contributed by atoms with van der Waals surface area (Å²) in [6.45, 7) is 5.99. The second-order valence-electron chi connectivity index (χ2n) is 7.37. The summed E-state index contributed by atoms with van der Waals surface area (Å²) in [5.41, 5.74) is 6.92. The molecule has 0 radical (unpaired) electrons. The number of nitrogens with one attached hydrogen (secondary N) is 1. The Morgan fingerprint density at radius 2 is 1.83 bits per heavy atom. The van der Waals surface area contributed by atoms with Crippen LogP contribution in [-0.4, -0.2) is 16.5 Å². The Labute approximate surface area is 177 Å². The van der Waals surface area contributed by atoms with Crippen molar-refractivity contribution in [2.75, 3.05) is 11.4 Å². The number of nitrogens with zero attached hydrogens (tertiary/aromatic N) is 3. The largest absolute Gasteiger partial charge is 0.367 e. The molecular formula is C26H24N4. The standard InChI is InChI=1S/C26H24N4/c1-3-30(18-21-7-5-4-6-8-21)23-12-10-20(11-13-23)16-22(17-27)26-28-24-14-9-19(2)15-25(24)29-26/h4-16H,3,18H2,1-2H3,(H,28,29)/b22-16-. The molecule has 0 saturated carbocycles. The maximum atomic E-state index is 9.68. The molecule has 0 saturated heterocycles. The Bertz CT molecular complexity index is 1210. The summed E-state index contributed by atoms with van der Waals surface area (Å²) in [4.78, 5) is 10.2. The van der Waals surface area contributed by atoms with Gasteiger partial charge < -0.3 is 9.88 Å². The van der Waals surface area contributed by atoms with Gasteiger partial charge in [0.1, 0.15) is 11.9 Å². The van der Waals surface area contributed by atoms with Gasteiger partial charge in [-0.25, -0.2) is 4.98 Å². The molecule has 1 aromatic heterocycles. The molecule has 3 aromatic carbocycles. The fourth-order valence-corrected chi connectivity index (χ4v) is 3.54. The number of benzene rings is 3. The van der Waals surface area contributed by atoms with E-state index in [2.05, 4.69) is 64.3 Å². The van der Waals surface area contributed by atoms with E-state index in [0.717, 1.165) is 40.9 Å². The van der Waals surface area contributed by atoms with Crippen LogP contribution in [0.15, 0.2) is 72.8 Å². The first-order valence-corrected chi connectivity index (χ1v) is 10.1. The highest BCUT2D eigenvalue weighted by atomic mass is 15.1. The predicted octanol–water partition coefficient (Wildman–Crippen LogP) is 5.96. The zero-order valence-corrected chi connectivity index (χ0v) is 17.3. The van der Waals surface area contributed by atoms with Crippen LogP contribution >= 0.6 is 0 Å². The minimum atomic E-state index is 0.522. The molecule has 0 aliphatic heterocycles. The van der Waals surface area contributed by atoms with Crippen molar-refractivity contribution >= 4 is 28.4 Å². The number of fused-ring (bicyclic) bond motifs is 1. The zero-order valence-electron chi connectivity index (χ0n) is 17.3. The average Bonchev–Trinajstić information content (AvgIpc) is 3.20. The maximum absolute atomic E-state index is 9.68. The van der Waals surface area contributed by atoms with Gasteiger partial charge >= 0.3 is 0 Å². The van der Waals surface area contributed by atoms with E-state index in [1.165, 1.54) is 5.56 Å². The quantitative estimate of drug-likeness (QED) is 0.412. The fourth-order valence-electron chi connectivity index (χ4n) is 3.54. The fraction of sp³-hybridized carbons (Fsp3) is 0.154. The van der Waals surface area contributed by atoms with Gasteiger partial charge in [-0.05, 0) is 60.9 Å². The highest BCUT2D eigenvalue weighted by molar-refractivity contribution is 5.90. The van der Waals surface area contributed by atoms with E-state index in [1.54, 1.807) is 0 Å². The van der Waals surface area contributed by atoms with E-state index in [0.29, 0.717) is 11.4 Å². The third-order valence-corrected chi connectivity index (χ3v) is 5.18. The first-order valence-electron chi connectivity index (χ1n) is 10.1. The van der Waals surface area contributed by atoms with Crippen LogP contribution in [0.2, 0.25) is 0 Å². The summed E-state index contributed by atoms with van der Waals surface area (Å²) in [5, 5.41) is 9.68. The molecule has 0 amide bonds. The average molecular weight is 393 g/mol. The van der Waals surface area contributed by atoms with Crippen molar-refractivity contribution < 1.29 is 0 Å². The maximum Gasteiger partial charge on any atom is 0.149 e. The van der Waals surface area contributed by atoms with E-state index >= 15 is 0 Å². The Hall–Kier alpha value is -3.84. The van der Waals surface area contributed by atoms with Gasteiger partial charge in [-0.15, -0.1) is 0 Å². The Balaban J connectivity index is 1.57. The van der Waals surface area contributed by atoms with Crippen LogP contribution in [-0.2, 0) is 6.54 Å². The normalized spacial score (nSPS) is 11.4. The lowest BCUT2D eigenvalue weighted by Crippen LogP contribution is -2.21. The highest BCUT2D eigenvalue weighted by Gasteiger charge is 2.09. The minimum absolute atomic E-state index is 0.522. The molecule has 0 unspecified atom stereocenters. The molecule has 4 heteroatoms. The highest BCUT2D eigenvalue weighted by Crippen LogP contribution is 2.22. The number of aromatic amines is 1. The van der Waals surface area contributed by atoms with Gasteiger partial charge in [0.05, 0.1) is 16.6 Å². The molecule has 1 N–H and O–H groups in total. The lowest BCUT2D eigenvalue weighted by molar-refractivity contribution is 0.832. The second-order valence-corrected chi connectivity index (χ2v) is 7.37. The number of allylic oxidation sites excluding steroid dienone is 1. The number of H-pyrrole nitrogens is 1. The number of hydrogen-bond donors (Lipinski definition) is 1. The van der Waals surface area contributed by atoms with Crippen molar-refractivity contribution in [3.8, 4) is 6.07 Å². The summed E-state index contributed by atoms with van der Waals surface area (Å²) < 4.78 is 0. The lowest BCUT2D eigenvalue weighted by atomic mass is 10.1. The summed E-state index contributed by atoms with van der Waals surface area (Å²) in [5.74, 6) is 0.599. The van der Waals surface area contributed by atoms with Crippen LogP contribution in [0.3, 0.4) is 0 Å². The molecule has 1 heterocycles. The van der Waals surface area contributed by atoms with E-state index in [-0.39, 0.29) is 0 Å². The second kappa shape index (κ2) is 8.67. The molecule has 4 nitrogen and oxygen atoms in total. The number of aromatic nitrogens is 2. The number of anilines is 1. The van der Waals surface area contributed by atoms with Crippen molar-refractivity contribution in [2.24, 2.45) is 0 Å². The van der Waals surface area contributed by atoms with Crippen molar-refractivity contribution in [3.63, 3.8) is 0 Å². The van der Waals surface area contributed by atoms with Gasteiger partial charge in [-0.3, -0.25) is 0 Å². The summed E-state index contributed by atoms with van der Waals surface area (Å²) in [7, 11) is 0. The third kappa shape index (κ3) is 4.26. The van der Waals surface area contributed by atoms with Gasteiger partial charge in [-0.1, -0.05) is 48.5 Å². The molecule has 0 aliphatic rings. The number of imidazole rings is 1. The minimum Gasteiger partial charge on any atom is -0.367 e. The SMILES string of the molecule is CCN(Cc1ccccc1)c1ccc(/C=C(/C#N)c2nc3ccc(C)cc3[nH]2)cc1. The summed E-state index contributed by atoms with van der Waals surface area (Å²) in [6.07, 6.45) is 1.88. The summed E-state index contributed by atoms with van der Waals surface area (Å²) >= 11 is 0. The Kier molecular flexibility index (Phi) is 5.63. The first kappa shape index (κ1) is 19.5. The summed E-state index contributed by atoms with van der Waals surface area (Å²) in [6, 6.07) is 27.1. The van der Waals surface area contributed by atoms with Gasteiger partial charge in [0, 0.05) is 18.8 Å². The number of hydrogen-bond acceptors (Lipinski definition) is 3. The van der Waals surface area contributed by atoms with Gasteiger partial charge in [0.15, 0.2) is 0 Å². The predicted molar refractivity (Wildman–Crippen MR) is 124 cm³/mol. The van der Waals surface area contributed by atoms with Crippen LogP contribution in [0.25, 0.3) is 22.7 Å². The third-order valence-electron chi connectivity index (χ3n) is 5.18. The van der Waals surface area contributed by atoms with Gasteiger partial charge in [0.2, 0.25) is 0 Å². The molecule has 148 valence electrons. The van der Waals surface area contributed by atoms with E-state index < -0.39 is 0 Å².